The Morgan fingerprint density at radius 1 is 1.35 bits per heavy atom. The molecular weight excluding hydrogens is 431 g/mol. The molecule has 1 aliphatic rings. The minimum atomic E-state index is -1.23. The standard InChI is InChI=1S/C19H16ClFN6O4/c1-9(17-24-15(26-31-17)10-2-4-11(20)5-3-10)23-19-22-8-12(21)16(25-19)27-13(18(29)30)6-7-14(27)28/h2-5,8-9,13H,6-7H2,1H3,(H,29,30)(H,22,23,25). The van der Waals surface area contributed by atoms with Gasteiger partial charge in [-0.2, -0.15) is 9.97 Å². The van der Waals surface area contributed by atoms with Crippen LogP contribution in [-0.4, -0.2) is 43.1 Å². The Kier molecular flexibility index (Phi) is 5.51. The van der Waals surface area contributed by atoms with Crippen LogP contribution < -0.4 is 10.2 Å². The van der Waals surface area contributed by atoms with E-state index in [1.54, 1.807) is 31.2 Å². The number of nitrogens with zero attached hydrogens (tertiary/aromatic N) is 5. The Bertz CT molecular complexity index is 1140. The van der Waals surface area contributed by atoms with Crippen LogP contribution in [-0.2, 0) is 9.59 Å². The van der Waals surface area contributed by atoms with Crippen molar-refractivity contribution in [3.8, 4) is 11.4 Å². The van der Waals surface area contributed by atoms with Crippen LogP contribution in [0, 0.1) is 5.82 Å². The first kappa shape index (κ1) is 20.7. The summed E-state index contributed by atoms with van der Waals surface area (Å²) in [5, 5.41) is 16.7. The summed E-state index contributed by atoms with van der Waals surface area (Å²) in [5.41, 5.74) is 0.708. The van der Waals surface area contributed by atoms with Crippen LogP contribution >= 0.6 is 11.6 Å². The summed E-state index contributed by atoms with van der Waals surface area (Å²) in [4.78, 5) is 36.6. The van der Waals surface area contributed by atoms with Gasteiger partial charge in [-0.3, -0.25) is 9.69 Å². The SMILES string of the molecule is CC(Nc1ncc(F)c(N2C(=O)CCC2C(=O)O)n1)c1nc(-c2ccc(Cl)cc2)no1. The minimum absolute atomic E-state index is 0.00493. The van der Waals surface area contributed by atoms with Gasteiger partial charge in [0.25, 0.3) is 0 Å². The summed E-state index contributed by atoms with van der Waals surface area (Å²) >= 11 is 5.88. The van der Waals surface area contributed by atoms with Crippen LogP contribution in [0.4, 0.5) is 16.2 Å². The van der Waals surface area contributed by atoms with E-state index in [9.17, 15) is 19.1 Å². The molecule has 3 aromatic rings. The van der Waals surface area contributed by atoms with E-state index >= 15 is 0 Å². The van der Waals surface area contributed by atoms with Crippen LogP contribution in [0.3, 0.4) is 0 Å². The second-order valence-electron chi connectivity index (χ2n) is 6.85. The first-order chi connectivity index (χ1) is 14.8. The van der Waals surface area contributed by atoms with Crippen molar-refractivity contribution in [1.82, 2.24) is 20.1 Å². The average molecular weight is 447 g/mol. The van der Waals surface area contributed by atoms with E-state index in [0.29, 0.717) is 16.4 Å². The van der Waals surface area contributed by atoms with Crippen molar-refractivity contribution in [3.05, 3.63) is 47.2 Å². The number of aliphatic carboxylic acids is 1. The summed E-state index contributed by atoms with van der Waals surface area (Å²) in [5.74, 6) is -2.50. The normalized spacial score (nSPS) is 17.1. The van der Waals surface area contributed by atoms with Crippen molar-refractivity contribution in [3.63, 3.8) is 0 Å². The van der Waals surface area contributed by atoms with E-state index in [4.69, 9.17) is 16.1 Å². The molecule has 0 saturated carbocycles. The zero-order chi connectivity index (χ0) is 22.1. The van der Waals surface area contributed by atoms with Crippen molar-refractivity contribution >= 4 is 35.2 Å². The van der Waals surface area contributed by atoms with Crippen LogP contribution in [0.2, 0.25) is 5.02 Å². The number of hydrogen-bond donors (Lipinski definition) is 2. The molecule has 31 heavy (non-hydrogen) atoms. The van der Waals surface area contributed by atoms with Crippen LogP contribution in [0.1, 0.15) is 31.7 Å². The number of carbonyl (C=O) groups is 2. The number of carboxylic acids is 1. The lowest BCUT2D eigenvalue weighted by Gasteiger charge is -2.21. The van der Waals surface area contributed by atoms with Gasteiger partial charge in [0.05, 0.1) is 6.20 Å². The average Bonchev–Trinajstić information content (AvgIpc) is 3.37. The summed E-state index contributed by atoms with van der Waals surface area (Å²) < 4.78 is 19.6. The van der Waals surface area contributed by atoms with Crippen molar-refractivity contribution < 1.29 is 23.6 Å². The highest BCUT2D eigenvalue weighted by molar-refractivity contribution is 6.30. The van der Waals surface area contributed by atoms with Gasteiger partial charge in [-0.15, -0.1) is 0 Å². The monoisotopic (exact) mass is 446 g/mol. The van der Waals surface area contributed by atoms with Crippen LogP contribution in [0.5, 0.6) is 0 Å². The van der Waals surface area contributed by atoms with E-state index in [0.717, 1.165) is 11.1 Å². The third kappa shape index (κ3) is 4.17. The molecule has 4 rings (SSSR count). The van der Waals surface area contributed by atoms with E-state index < -0.39 is 35.6 Å². The quantitative estimate of drug-likeness (QED) is 0.585. The topological polar surface area (TPSA) is 134 Å². The molecule has 0 aliphatic carbocycles. The van der Waals surface area contributed by atoms with E-state index in [-0.39, 0.29) is 24.7 Å². The Hall–Kier alpha value is -3.60. The van der Waals surface area contributed by atoms with Gasteiger partial charge in [-0.25, -0.2) is 14.2 Å². The van der Waals surface area contributed by atoms with Crippen molar-refractivity contribution in [1.29, 1.82) is 0 Å². The van der Waals surface area contributed by atoms with Gasteiger partial charge >= 0.3 is 5.97 Å². The fourth-order valence-corrected chi connectivity index (χ4v) is 3.29. The number of aromatic nitrogens is 4. The van der Waals surface area contributed by atoms with Gasteiger partial charge in [0.1, 0.15) is 12.1 Å². The third-order valence-electron chi connectivity index (χ3n) is 4.71. The molecule has 0 bridgehead atoms. The highest BCUT2D eigenvalue weighted by Gasteiger charge is 2.39. The van der Waals surface area contributed by atoms with Crippen LogP contribution in [0.15, 0.2) is 35.0 Å². The lowest BCUT2D eigenvalue weighted by Crippen LogP contribution is -2.39. The highest BCUT2D eigenvalue weighted by atomic mass is 35.5. The molecule has 3 heterocycles. The maximum absolute atomic E-state index is 14.3. The Morgan fingerprint density at radius 2 is 2.10 bits per heavy atom. The largest absolute Gasteiger partial charge is 0.480 e. The van der Waals surface area contributed by atoms with Gasteiger partial charge in [-0.05, 0) is 37.6 Å². The Balaban J connectivity index is 1.55. The fraction of sp³-hybridized carbons (Fsp3) is 0.263. The number of carboxylic acid groups (broad SMARTS) is 1. The molecule has 0 radical (unpaired) electrons. The van der Waals surface area contributed by atoms with Gasteiger partial charge in [0, 0.05) is 17.0 Å². The highest BCUT2D eigenvalue weighted by Crippen LogP contribution is 2.29. The number of nitrogens with one attached hydrogen (secondary N) is 1. The summed E-state index contributed by atoms with van der Waals surface area (Å²) in [6.07, 6.45) is 0.941. The number of anilines is 2. The summed E-state index contributed by atoms with van der Waals surface area (Å²) in [7, 11) is 0. The molecule has 0 spiro atoms. The maximum atomic E-state index is 14.3. The molecule has 1 aromatic carbocycles. The van der Waals surface area contributed by atoms with Crippen molar-refractivity contribution in [2.45, 2.75) is 31.8 Å². The van der Waals surface area contributed by atoms with Crippen molar-refractivity contribution in [2.75, 3.05) is 10.2 Å². The molecule has 1 fully saturated rings. The molecule has 2 N–H and O–H groups in total. The third-order valence-corrected chi connectivity index (χ3v) is 4.96. The molecular formula is C19H16ClFN6O4. The lowest BCUT2D eigenvalue weighted by atomic mass is 10.2. The summed E-state index contributed by atoms with van der Waals surface area (Å²) in [6, 6.07) is 5.16. The predicted octanol–water partition coefficient (Wildman–Crippen LogP) is 3.07. The maximum Gasteiger partial charge on any atom is 0.326 e. The smallest absolute Gasteiger partial charge is 0.326 e. The molecule has 10 nitrogen and oxygen atoms in total. The molecule has 160 valence electrons. The number of benzene rings is 1. The molecule has 1 aliphatic heterocycles. The van der Waals surface area contributed by atoms with Crippen LogP contribution in [0.25, 0.3) is 11.4 Å². The number of carbonyl (C=O) groups excluding carboxylic acids is 1. The number of rotatable bonds is 6. The molecule has 2 aromatic heterocycles. The second-order valence-corrected chi connectivity index (χ2v) is 7.29. The van der Waals surface area contributed by atoms with Gasteiger partial charge in [-0.1, -0.05) is 16.8 Å². The minimum Gasteiger partial charge on any atom is -0.480 e. The van der Waals surface area contributed by atoms with E-state index in [1.807, 2.05) is 0 Å². The zero-order valence-corrected chi connectivity index (χ0v) is 16.9. The number of hydrogen-bond acceptors (Lipinski definition) is 8. The summed E-state index contributed by atoms with van der Waals surface area (Å²) in [6.45, 7) is 1.70. The predicted molar refractivity (Wildman–Crippen MR) is 107 cm³/mol. The molecule has 2 atom stereocenters. The van der Waals surface area contributed by atoms with E-state index in [1.165, 1.54) is 0 Å². The molecule has 1 amide bonds. The number of amides is 1. The lowest BCUT2D eigenvalue weighted by molar-refractivity contribution is -0.138. The Morgan fingerprint density at radius 3 is 2.81 bits per heavy atom. The number of halogens is 2. The van der Waals surface area contributed by atoms with Gasteiger partial charge in [0.2, 0.25) is 23.6 Å². The first-order valence-electron chi connectivity index (χ1n) is 9.27. The first-order valence-corrected chi connectivity index (χ1v) is 9.64. The fourth-order valence-electron chi connectivity index (χ4n) is 3.16. The second kappa shape index (κ2) is 8.26. The van der Waals surface area contributed by atoms with Crippen molar-refractivity contribution in [2.24, 2.45) is 0 Å². The van der Waals surface area contributed by atoms with E-state index in [2.05, 4.69) is 25.4 Å². The molecule has 12 heteroatoms. The van der Waals surface area contributed by atoms with Gasteiger partial charge < -0.3 is 14.9 Å². The molecule has 2 unspecified atom stereocenters. The zero-order valence-electron chi connectivity index (χ0n) is 16.1. The van der Waals surface area contributed by atoms with Gasteiger partial charge in [0.15, 0.2) is 11.6 Å². The Labute approximate surface area is 180 Å². The molecule has 1 saturated heterocycles.